The molecule has 238 valence electrons. The third-order valence-electron chi connectivity index (χ3n) is 6.78. The Morgan fingerprint density at radius 3 is 2.11 bits per heavy atom. The highest BCUT2D eigenvalue weighted by Gasteiger charge is 2.33. The van der Waals surface area contributed by atoms with Crippen molar-refractivity contribution in [3.05, 3.63) is 78.1 Å². The molecule has 3 aromatic rings. The fraction of sp³-hybridized carbons (Fsp3) is 0.375. The molecule has 0 saturated carbocycles. The summed E-state index contributed by atoms with van der Waals surface area (Å²) in [6.45, 7) is 7.42. The summed E-state index contributed by atoms with van der Waals surface area (Å²) in [5.74, 6) is -0.253. The molecule has 3 rings (SSSR count). The third-order valence-corrected chi connectivity index (χ3v) is 8.55. The molecule has 0 heterocycles. The maximum atomic E-state index is 14.2. The highest BCUT2D eigenvalue weighted by Crippen LogP contribution is 2.33. The Labute approximate surface area is 258 Å². The van der Waals surface area contributed by atoms with Crippen LogP contribution in [0.1, 0.15) is 33.3 Å². The minimum atomic E-state index is -4.35. The summed E-state index contributed by atoms with van der Waals surface area (Å²) in [5, 5.41) is 2.83. The molecule has 1 N–H and O–H groups in total. The minimum Gasteiger partial charge on any atom is -0.494 e. The maximum Gasteiger partial charge on any atom is 0.264 e. The molecule has 0 fully saturated rings. The van der Waals surface area contributed by atoms with E-state index in [9.17, 15) is 22.4 Å². The van der Waals surface area contributed by atoms with Gasteiger partial charge in [-0.2, -0.15) is 0 Å². The van der Waals surface area contributed by atoms with Gasteiger partial charge in [-0.15, -0.1) is 0 Å². The number of ether oxygens (including phenoxy) is 3. The van der Waals surface area contributed by atoms with Crippen molar-refractivity contribution in [2.45, 2.75) is 45.2 Å². The van der Waals surface area contributed by atoms with E-state index in [4.69, 9.17) is 14.2 Å². The number of halogens is 1. The molecule has 12 heteroatoms. The number of hydrogen-bond acceptors (Lipinski definition) is 7. The van der Waals surface area contributed by atoms with Crippen LogP contribution in [-0.2, 0) is 26.2 Å². The number of anilines is 1. The molecule has 10 nitrogen and oxygen atoms in total. The zero-order valence-corrected chi connectivity index (χ0v) is 26.7. The summed E-state index contributed by atoms with van der Waals surface area (Å²) in [6.07, 6.45) is 0. The van der Waals surface area contributed by atoms with Crippen molar-refractivity contribution in [3.8, 4) is 17.2 Å². The molecule has 0 aromatic heterocycles. The van der Waals surface area contributed by atoms with E-state index in [1.54, 1.807) is 31.2 Å². The zero-order chi connectivity index (χ0) is 32.4. The molecule has 0 radical (unpaired) electrons. The van der Waals surface area contributed by atoms with E-state index in [0.29, 0.717) is 30.2 Å². The van der Waals surface area contributed by atoms with E-state index in [-0.39, 0.29) is 28.8 Å². The van der Waals surface area contributed by atoms with Crippen LogP contribution in [0.3, 0.4) is 0 Å². The Morgan fingerprint density at radius 2 is 1.55 bits per heavy atom. The van der Waals surface area contributed by atoms with Gasteiger partial charge in [-0.05, 0) is 73.9 Å². The van der Waals surface area contributed by atoms with E-state index in [1.165, 1.54) is 61.6 Å². The van der Waals surface area contributed by atoms with Crippen LogP contribution >= 0.6 is 0 Å². The number of nitrogens with zero attached hydrogens (tertiary/aromatic N) is 2. The quantitative estimate of drug-likeness (QED) is 0.261. The summed E-state index contributed by atoms with van der Waals surface area (Å²) in [4.78, 5) is 28.3. The molecule has 0 aliphatic carbocycles. The van der Waals surface area contributed by atoms with Crippen LogP contribution < -0.4 is 23.8 Å². The number of carbonyl (C=O) groups is 2. The molecule has 0 bridgehead atoms. The number of amides is 2. The monoisotopic (exact) mass is 629 g/mol. The third kappa shape index (κ3) is 8.62. The predicted molar refractivity (Wildman–Crippen MR) is 166 cm³/mol. The lowest BCUT2D eigenvalue weighted by molar-refractivity contribution is -0.139. The number of rotatable bonds is 15. The molecular weight excluding hydrogens is 589 g/mol. The molecule has 3 aromatic carbocycles. The predicted octanol–water partition coefficient (Wildman–Crippen LogP) is 4.63. The number of carbonyl (C=O) groups excluding carboxylic acids is 2. The van der Waals surface area contributed by atoms with Gasteiger partial charge in [0.15, 0.2) is 11.5 Å². The number of benzene rings is 3. The van der Waals surface area contributed by atoms with Gasteiger partial charge in [-0.1, -0.05) is 26.0 Å². The van der Waals surface area contributed by atoms with Crippen molar-refractivity contribution in [2.75, 3.05) is 38.2 Å². The van der Waals surface area contributed by atoms with Gasteiger partial charge in [0.25, 0.3) is 10.0 Å². The molecule has 0 aliphatic rings. The number of hydrogen-bond donors (Lipinski definition) is 1. The van der Waals surface area contributed by atoms with Gasteiger partial charge in [0, 0.05) is 19.2 Å². The summed E-state index contributed by atoms with van der Waals surface area (Å²) < 4.78 is 59.0. The number of sulfonamides is 1. The molecular formula is C32H40FN3O7S. The summed E-state index contributed by atoms with van der Waals surface area (Å²) >= 11 is 0. The van der Waals surface area contributed by atoms with Crippen LogP contribution in [0.5, 0.6) is 17.2 Å². The zero-order valence-electron chi connectivity index (χ0n) is 25.9. The van der Waals surface area contributed by atoms with E-state index in [1.807, 2.05) is 20.8 Å². The number of methoxy groups -OCH3 is 2. The second kappa shape index (κ2) is 15.4. The molecule has 0 aliphatic heterocycles. The van der Waals surface area contributed by atoms with Gasteiger partial charge >= 0.3 is 0 Å². The second-order valence-corrected chi connectivity index (χ2v) is 12.3. The maximum absolute atomic E-state index is 14.2. The van der Waals surface area contributed by atoms with Crippen LogP contribution in [0.4, 0.5) is 10.1 Å². The van der Waals surface area contributed by atoms with Crippen LogP contribution in [0, 0.1) is 11.7 Å². The molecule has 0 saturated heterocycles. The average Bonchev–Trinajstić information content (AvgIpc) is 3.01. The normalized spacial score (nSPS) is 11.9. The van der Waals surface area contributed by atoms with E-state index >= 15 is 0 Å². The lowest BCUT2D eigenvalue weighted by Gasteiger charge is -2.32. The Bertz CT molecular complexity index is 1510. The van der Waals surface area contributed by atoms with Gasteiger partial charge in [0.1, 0.15) is 24.2 Å². The van der Waals surface area contributed by atoms with Crippen LogP contribution in [0.15, 0.2) is 71.6 Å². The fourth-order valence-corrected chi connectivity index (χ4v) is 5.76. The van der Waals surface area contributed by atoms with Crippen molar-refractivity contribution in [3.63, 3.8) is 0 Å². The van der Waals surface area contributed by atoms with E-state index < -0.39 is 40.2 Å². The lowest BCUT2D eigenvalue weighted by Crippen LogP contribution is -2.51. The highest BCUT2D eigenvalue weighted by molar-refractivity contribution is 7.92. The largest absolute Gasteiger partial charge is 0.494 e. The van der Waals surface area contributed by atoms with Gasteiger partial charge < -0.3 is 24.4 Å². The molecule has 44 heavy (non-hydrogen) atoms. The van der Waals surface area contributed by atoms with Gasteiger partial charge in [0.05, 0.1) is 31.4 Å². The van der Waals surface area contributed by atoms with Crippen molar-refractivity contribution < 1.29 is 36.6 Å². The first-order valence-electron chi connectivity index (χ1n) is 14.2. The van der Waals surface area contributed by atoms with E-state index in [0.717, 1.165) is 4.31 Å². The van der Waals surface area contributed by atoms with Gasteiger partial charge in [0.2, 0.25) is 11.8 Å². The number of nitrogens with one attached hydrogen (secondary N) is 1. The molecule has 0 unspecified atom stereocenters. The summed E-state index contributed by atoms with van der Waals surface area (Å²) in [5.41, 5.74) is 0.772. The fourth-order valence-electron chi connectivity index (χ4n) is 4.33. The molecule has 0 spiro atoms. The first kappa shape index (κ1) is 34.2. The smallest absolute Gasteiger partial charge is 0.264 e. The van der Waals surface area contributed by atoms with Crippen molar-refractivity contribution in [2.24, 2.45) is 5.92 Å². The average molecular weight is 630 g/mol. The Balaban J connectivity index is 2.06. The molecule has 2 amide bonds. The van der Waals surface area contributed by atoms with Crippen LogP contribution in [0.25, 0.3) is 0 Å². The standard InChI is InChI=1S/C32H40FN3O7S/c1-7-43-27-14-12-26(13-15-27)36(44(39,40)28-16-17-29(41-5)30(18-28)42-6)21-31(37)35(20-24-8-10-25(33)11-9-24)23(4)32(38)34-19-22(2)3/h8-18,22-23H,7,19-21H2,1-6H3,(H,34,38)/t23-/m0/s1. The first-order chi connectivity index (χ1) is 20.9. The SMILES string of the molecule is CCOc1ccc(N(CC(=O)N(Cc2ccc(F)cc2)[C@@H](C)C(=O)NCC(C)C)S(=O)(=O)c2ccc(OC)c(OC)c2)cc1. The Hall–Kier alpha value is -4.32. The topological polar surface area (TPSA) is 114 Å². The molecule has 1 atom stereocenters. The van der Waals surface area contributed by atoms with E-state index in [2.05, 4.69) is 5.32 Å². The first-order valence-corrected chi connectivity index (χ1v) is 15.6. The second-order valence-electron chi connectivity index (χ2n) is 10.4. The van der Waals surface area contributed by atoms with Crippen LogP contribution in [-0.4, -0.2) is 65.1 Å². The summed E-state index contributed by atoms with van der Waals surface area (Å²) in [7, 11) is -1.53. The minimum absolute atomic E-state index is 0.0527. The van der Waals surface area contributed by atoms with Crippen LogP contribution in [0.2, 0.25) is 0 Å². The van der Waals surface area contributed by atoms with Crippen molar-refractivity contribution in [1.29, 1.82) is 0 Å². The van der Waals surface area contributed by atoms with Crippen molar-refractivity contribution in [1.82, 2.24) is 10.2 Å². The van der Waals surface area contributed by atoms with Gasteiger partial charge in [-0.3, -0.25) is 13.9 Å². The Kier molecular flexibility index (Phi) is 12.0. The van der Waals surface area contributed by atoms with Crippen molar-refractivity contribution >= 4 is 27.5 Å². The Morgan fingerprint density at radius 1 is 0.909 bits per heavy atom. The summed E-state index contributed by atoms with van der Waals surface area (Å²) in [6, 6.07) is 15.0. The lowest BCUT2D eigenvalue weighted by atomic mass is 10.1. The van der Waals surface area contributed by atoms with Gasteiger partial charge in [-0.25, -0.2) is 12.8 Å². The highest BCUT2D eigenvalue weighted by atomic mass is 32.2.